The second kappa shape index (κ2) is 8.03. The van der Waals surface area contributed by atoms with E-state index in [0.29, 0.717) is 5.56 Å². The van der Waals surface area contributed by atoms with Gasteiger partial charge < -0.3 is 11.5 Å². The van der Waals surface area contributed by atoms with Gasteiger partial charge in [0, 0.05) is 28.2 Å². The van der Waals surface area contributed by atoms with Crippen LogP contribution in [0.1, 0.15) is 47.9 Å². The Labute approximate surface area is 184 Å². The van der Waals surface area contributed by atoms with E-state index in [0.717, 1.165) is 23.8 Å². The van der Waals surface area contributed by atoms with Crippen LogP contribution in [0.5, 0.6) is 0 Å². The first-order chi connectivity index (χ1) is 14.9. The zero-order valence-corrected chi connectivity index (χ0v) is 19.0. The average Bonchev–Trinajstić information content (AvgIpc) is 2.78. The number of hydrogen-bond donors (Lipinski definition) is 2. The summed E-state index contributed by atoms with van der Waals surface area (Å²) in [6.45, 7) is 4.10. The summed E-state index contributed by atoms with van der Waals surface area (Å²) in [6.07, 6.45) is 0. The van der Waals surface area contributed by atoms with E-state index in [1.807, 2.05) is 26.0 Å². The van der Waals surface area contributed by atoms with Crippen molar-refractivity contribution in [2.45, 2.75) is 25.7 Å². The minimum Gasteiger partial charge on any atom is -0.385 e. The van der Waals surface area contributed by atoms with Crippen LogP contribution in [0.3, 0.4) is 0 Å². The normalized spacial score (nSPS) is 11.5. The van der Waals surface area contributed by atoms with Crippen molar-refractivity contribution >= 4 is 11.6 Å². The molecule has 10 heteroatoms. The summed E-state index contributed by atoms with van der Waals surface area (Å²) >= 11 is 0. The van der Waals surface area contributed by atoms with Crippen molar-refractivity contribution in [3.63, 3.8) is 0 Å². The molecule has 0 unspecified atom stereocenters. The molecule has 0 atom stereocenters. The second-order valence-electron chi connectivity index (χ2n) is 8.26. The Balaban J connectivity index is 2.53. The molecule has 0 bridgehead atoms. The summed E-state index contributed by atoms with van der Waals surface area (Å²) in [4.78, 5) is 51.2. The largest absolute Gasteiger partial charge is 0.385 e. The Morgan fingerprint density at radius 2 is 0.969 bits per heavy atom. The van der Waals surface area contributed by atoms with Gasteiger partial charge >= 0.3 is 11.4 Å². The van der Waals surface area contributed by atoms with Crippen LogP contribution in [0.4, 0.5) is 11.6 Å². The van der Waals surface area contributed by atoms with Gasteiger partial charge in [-0.25, -0.2) is 9.59 Å². The third-order valence-electron chi connectivity index (χ3n) is 6.01. The number of rotatable bonds is 4. The minimum absolute atomic E-state index is 0.0364. The second-order valence-corrected chi connectivity index (χ2v) is 8.26. The Morgan fingerprint density at radius 3 is 1.31 bits per heavy atom. The zero-order chi connectivity index (χ0) is 24.1. The van der Waals surface area contributed by atoms with E-state index in [1.165, 1.54) is 28.2 Å². The molecule has 3 rings (SSSR count). The molecule has 0 saturated heterocycles. The smallest absolute Gasteiger partial charge is 0.332 e. The van der Waals surface area contributed by atoms with Gasteiger partial charge in [-0.1, -0.05) is 38.1 Å². The number of anilines is 2. The molecule has 0 spiro atoms. The molecule has 2 aromatic heterocycles. The van der Waals surface area contributed by atoms with E-state index in [2.05, 4.69) is 0 Å². The maximum Gasteiger partial charge on any atom is 0.332 e. The van der Waals surface area contributed by atoms with Gasteiger partial charge in [0.1, 0.15) is 11.6 Å². The SMILES string of the molecule is CC(C)c1ccc(C(c2c(N)n(C)c(=O)n(C)c2=O)c2c(N)n(C)c(=O)n(C)c2=O)cc1. The fourth-order valence-electron chi connectivity index (χ4n) is 3.87. The summed E-state index contributed by atoms with van der Waals surface area (Å²) in [5, 5.41) is 0. The molecule has 10 nitrogen and oxygen atoms in total. The van der Waals surface area contributed by atoms with Crippen LogP contribution in [-0.4, -0.2) is 18.3 Å². The van der Waals surface area contributed by atoms with Crippen molar-refractivity contribution in [3.05, 3.63) is 88.2 Å². The molecule has 0 saturated carbocycles. The zero-order valence-electron chi connectivity index (χ0n) is 19.0. The first-order valence-electron chi connectivity index (χ1n) is 10.1. The van der Waals surface area contributed by atoms with Crippen LogP contribution in [0.15, 0.2) is 43.4 Å². The van der Waals surface area contributed by atoms with Crippen molar-refractivity contribution in [1.82, 2.24) is 18.3 Å². The van der Waals surface area contributed by atoms with Gasteiger partial charge in [-0.15, -0.1) is 0 Å². The monoisotopic (exact) mass is 440 g/mol. The van der Waals surface area contributed by atoms with Gasteiger partial charge in [-0.2, -0.15) is 0 Å². The molecule has 0 aliphatic carbocycles. The molecule has 170 valence electrons. The summed E-state index contributed by atoms with van der Waals surface area (Å²) in [7, 11) is 5.58. The van der Waals surface area contributed by atoms with Crippen LogP contribution in [0, 0.1) is 0 Å². The Bertz CT molecular complexity index is 1350. The number of hydrogen-bond acceptors (Lipinski definition) is 6. The fraction of sp³-hybridized carbons (Fsp3) is 0.364. The Kier molecular flexibility index (Phi) is 5.73. The van der Waals surface area contributed by atoms with Gasteiger partial charge in [0.2, 0.25) is 0 Å². The van der Waals surface area contributed by atoms with Gasteiger partial charge in [0.15, 0.2) is 0 Å². The number of nitrogens with zero attached hydrogens (tertiary/aromatic N) is 4. The van der Waals surface area contributed by atoms with E-state index in [1.54, 1.807) is 12.1 Å². The van der Waals surface area contributed by atoms with E-state index in [9.17, 15) is 19.2 Å². The predicted octanol–water partition coefficient (Wildman–Crippen LogP) is -0.0506. The lowest BCUT2D eigenvalue weighted by Gasteiger charge is -2.24. The molecule has 0 aliphatic rings. The lowest BCUT2D eigenvalue weighted by Crippen LogP contribution is -2.44. The minimum atomic E-state index is -0.993. The van der Waals surface area contributed by atoms with E-state index >= 15 is 0 Å². The summed E-state index contributed by atoms with van der Waals surface area (Å²) in [5.74, 6) is -0.877. The summed E-state index contributed by atoms with van der Waals surface area (Å²) in [6, 6.07) is 7.40. The highest BCUT2D eigenvalue weighted by Gasteiger charge is 2.31. The molecule has 0 radical (unpaired) electrons. The quantitative estimate of drug-likeness (QED) is 0.583. The first kappa shape index (κ1) is 22.9. The highest BCUT2D eigenvalue weighted by molar-refractivity contribution is 5.57. The van der Waals surface area contributed by atoms with Crippen molar-refractivity contribution in [2.24, 2.45) is 28.2 Å². The number of nitrogen functional groups attached to an aromatic ring is 2. The van der Waals surface area contributed by atoms with Crippen molar-refractivity contribution in [1.29, 1.82) is 0 Å². The summed E-state index contributed by atoms with van der Waals surface area (Å²) < 4.78 is 4.16. The van der Waals surface area contributed by atoms with Crippen LogP contribution >= 0.6 is 0 Å². The molecular weight excluding hydrogens is 412 g/mol. The van der Waals surface area contributed by atoms with Gasteiger partial charge in [0.25, 0.3) is 11.1 Å². The molecule has 0 fully saturated rings. The molecule has 0 aliphatic heterocycles. The lowest BCUT2D eigenvalue weighted by atomic mass is 9.85. The lowest BCUT2D eigenvalue weighted by molar-refractivity contribution is 0.654. The highest BCUT2D eigenvalue weighted by Crippen LogP contribution is 2.34. The first-order valence-corrected chi connectivity index (χ1v) is 10.1. The van der Waals surface area contributed by atoms with Crippen molar-refractivity contribution in [3.8, 4) is 0 Å². The molecule has 2 heterocycles. The standard InChI is InChI=1S/C22H28N6O4/c1-11(2)12-7-9-13(10-8-12)14(15-17(23)25(3)21(31)27(5)19(15)29)16-18(24)26(4)22(32)28(6)20(16)30/h7-11,14H,23-24H2,1-6H3. The molecule has 4 N–H and O–H groups in total. The average molecular weight is 441 g/mol. The van der Waals surface area contributed by atoms with E-state index in [4.69, 9.17) is 11.5 Å². The fourth-order valence-corrected chi connectivity index (χ4v) is 3.87. The van der Waals surface area contributed by atoms with Gasteiger partial charge in [-0.05, 0) is 17.0 Å². The summed E-state index contributed by atoms with van der Waals surface area (Å²) in [5.41, 5.74) is 11.7. The van der Waals surface area contributed by atoms with Crippen LogP contribution < -0.4 is 34.0 Å². The molecule has 1 aromatic carbocycles. The van der Waals surface area contributed by atoms with Crippen LogP contribution in [0.2, 0.25) is 0 Å². The Hall–Kier alpha value is -3.82. The van der Waals surface area contributed by atoms with E-state index < -0.39 is 28.4 Å². The molecule has 3 aromatic rings. The number of aromatic nitrogens is 4. The molecular formula is C22H28N6O4. The van der Waals surface area contributed by atoms with Crippen molar-refractivity contribution < 1.29 is 0 Å². The number of benzene rings is 1. The maximum absolute atomic E-state index is 13.2. The van der Waals surface area contributed by atoms with Crippen molar-refractivity contribution in [2.75, 3.05) is 11.5 Å². The van der Waals surface area contributed by atoms with Crippen LogP contribution in [-0.2, 0) is 28.2 Å². The molecule has 0 amide bonds. The van der Waals surface area contributed by atoms with Crippen LogP contribution in [0.25, 0.3) is 0 Å². The van der Waals surface area contributed by atoms with Gasteiger partial charge in [-0.3, -0.25) is 27.9 Å². The Morgan fingerprint density at radius 1 is 0.625 bits per heavy atom. The third kappa shape index (κ3) is 3.37. The molecule has 32 heavy (non-hydrogen) atoms. The predicted molar refractivity (Wildman–Crippen MR) is 124 cm³/mol. The highest BCUT2D eigenvalue weighted by atomic mass is 16.2. The topological polar surface area (TPSA) is 140 Å². The third-order valence-corrected chi connectivity index (χ3v) is 6.01. The maximum atomic E-state index is 13.2. The number of nitrogens with two attached hydrogens (primary N) is 2. The van der Waals surface area contributed by atoms with E-state index in [-0.39, 0.29) is 28.7 Å². The van der Waals surface area contributed by atoms with Gasteiger partial charge in [0.05, 0.1) is 17.0 Å².